The van der Waals surface area contributed by atoms with Crippen LogP contribution in [0.2, 0.25) is 0 Å². The molecule has 0 unspecified atom stereocenters. The second-order valence-corrected chi connectivity index (χ2v) is 8.22. The van der Waals surface area contributed by atoms with Crippen molar-refractivity contribution < 1.29 is 37.5 Å². The van der Waals surface area contributed by atoms with Crippen molar-refractivity contribution in [2.75, 3.05) is 31.7 Å². The highest BCUT2D eigenvalue weighted by molar-refractivity contribution is 14.2. The molecule has 0 atom stereocenters. The van der Waals surface area contributed by atoms with Crippen LogP contribution in [-0.2, 0) is 21.0 Å². The largest absolute Gasteiger partial charge is 0.394 e. The number of rotatable bonds is 12. The highest BCUT2D eigenvalue weighted by Crippen LogP contribution is 2.29. The van der Waals surface area contributed by atoms with Gasteiger partial charge in [-0.25, -0.2) is 18.7 Å². The first-order chi connectivity index (χ1) is 15.3. The molecule has 2 rings (SSSR count). The Morgan fingerprint density at radius 1 is 1.16 bits per heavy atom. The molecule has 1 heterocycles. The molecule has 176 valence electrons. The molecule has 0 aromatic heterocycles. The zero-order chi connectivity index (χ0) is 23.5. The monoisotopic (exact) mass is 570 g/mol. The summed E-state index contributed by atoms with van der Waals surface area (Å²) in [6.07, 6.45) is 1.39. The van der Waals surface area contributed by atoms with Gasteiger partial charge in [-0.3, -0.25) is 19.3 Å². The number of amides is 2. The Kier molecular flexibility index (Phi) is 10.8. The molecule has 1 aliphatic rings. The van der Waals surface area contributed by atoms with Crippen LogP contribution in [0.15, 0.2) is 27.7 Å². The molecule has 0 radical (unpaired) electrons. The lowest BCUT2D eigenvalue weighted by molar-refractivity contribution is -0.119. The number of anilines is 1. The van der Waals surface area contributed by atoms with Gasteiger partial charge in [0.15, 0.2) is 17.5 Å². The number of carbonyl (C=O) groups is 2. The van der Waals surface area contributed by atoms with Gasteiger partial charge in [0, 0.05) is 29.6 Å². The van der Waals surface area contributed by atoms with Crippen LogP contribution < -0.4 is 21.6 Å². The lowest BCUT2D eigenvalue weighted by Gasteiger charge is -2.17. The van der Waals surface area contributed by atoms with E-state index in [9.17, 15) is 22.8 Å². The highest BCUT2D eigenvalue weighted by atomic mass is 127. The van der Waals surface area contributed by atoms with Gasteiger partial charge in [-0.2, -0.15) is 5.48 Å². The Labute approximate surface area is 191 Å². The van der Waals surface area contributed by atoms with E-state index < -0.39 is 49.8 Å². The Morgan fingerprint density at radius 2 is 1.94 bits per heavy atom. The van der Waals surface area contributed by atoms with Crippen LogP contribution in [0.5, 0.6) is 0 Å². The lowest BCUT2D eigenvalue weighted by atomic mass is 10.1. The van der Waals surface area contributed by atoms with E-state index in [2.05, 4.69) is 16.1 Å². The second kappa shape index (κ2) is 13.3. The van der Waals surface area contributed by atoms with Crippen LogP contribution in [0, 0.1) is 11.6 Å². The average molecular weight is 570 g/mol. The predicted molar refractivity (Wildman–Crippen MR) is 119 cm³/mol. The maximum absolute atomic E-state index is 14.9. The molecule has 0 bridgehead atoms. The highest BCUT2D eigenvalue weighted by Gasteiger charge is 2.24. The SMILES string of the molecule is CC(=O)NCCONCc1cc(C(=O)NOCCO)c(NC2=C(F)C=IC=C2)c(F)c1F. The molecular weight excluding hydrogens is 548 g/mol. The van der Waals surface area contributed by atoms with Gasteiger partial charge in [-0.15, -0.1) is 0 Å². The number of benzene rings is 1. The van der Waals surface area contributed by atoms with Gasteiger partial charge in [-0.05, 0) is 16.2 Å². The summed E-state index contributed by atoms with van der Waals surface area (Å²) in [5.74, 6) is -4.49. The van der Waals surface area contributed by atoms with E-state index in [1.165, 1.54) is 17.0 Å². The van der Waals surface area contributed by atoms with E-state index in [-0.39, 0.29) is 55.6 Å². The maximum Gasteiger partial charge on any atom is 0.277 e. The van der Waals surface area contributed by atoms with E-state index >= 15 is 0 Å². The predicted octanol–water partition coefficient (Wildman–Crippen LogP) is 1.67. The Balaban J connectivity index is 2.25. The van der Waals surface area contributed by atoms with Gasteiger partial charge in [0.1, 0.15) is 0 Å². The van der Waals surface area contributed by atoms with E-state index in [0.717, 1.165) is 6.07 Å². The molecule has 0 spiro atoms. The Morgan fingerprint density at radius 3 is 2.62 bits per heavy atom. The minimum absolute atomic E-state index is 0.0601. The summed E-state index contributed by atoms with van der Waals surface area (Å²) < 4.78 is 46.6. The van der Waals surface area contributed by atoms with Crippen molar-refractivity contribution in [3.8, 4) is 0 Å². The summed E-state index contributed by atoms with van der Waals surface area (Å²) in [6.45, 7) is 0.681. The fourth-order valence-corrected chi connectivity index (χ4v) is 3.80. The molecule has 1 aromatic rings. The number of aliphatic hydroxyl groups is 1. The van der Waals surface area contributed by atoms with E-state index in [0.29, 0.717) is 0 Å². The van der Waals surface area contributed by atoms with Crippen molar-refractivity contribution in [3.63, 3.8) is 0 Å². The van der Waals surface area contributed by atoms with Crippen LogP contribution in [0.4, 0.5) is 18.9 Å². The Bertz CT molecular complexity index is 940. The Hall–Kier alpha value is -2.33. The fourth-order valence-electron chi connectivity index (χ4n) is 2.37. The third-order valence-corrected chi connectivity index (χ3v) is 5.49. The molecular formula is C19H22F3IN4O5. The van der Waals surface area contributed by atoms with Gasteiger partial charge in [0.25, 0.3) is 5.91 Å². The van der Waals surface area contributed by atoms with E-state index in [1.807, 2.05) is 5.48 Å². The zero-order valence-electron chi connectivity index (χ0n) is 16.9. The van der Waals surface area contributed by atoms with Crippen LogP contribution in [-0.4, -0.2) is 47.3 Å². The number of hydrogen-bond donors (Lipinski definition) is 5. The van der Waals surface area contributed by atoms with Crippen molar-refractivity contribution in [2.24, 2.45) is 0 Å². The van der Waals surface area contributed by atoms with Gasteiger partial charge < -0.3 is 15.7 Å². The molecule has 0 aliphatic carbocycles. The third-order valence-electron chi connectivity index (χ3n) is 3.81. The smallest absolute Gasteiger partial charge is 0.277 e. The number of aliphatic hydroxyl groups excluding tert-OH is 1. The minimum Gasteiger partial charge on any atom is -0.394 e. The molecule has 13 heteroatoms. The second-order valence-electron chi connectivity index (χ2n) is 6.16. The number of halogens is 4. The van der Waals surface area contributed by atoms with Crippen LogP contribution in [0.3, 0.4) is 0 Å². The first kappa shape index (κ1) is 25.9. The normalized spacial score (nSPS) is 13.0. The fraction of sp³-hybridized carbons (Fsp3) is 0.316. The standard InChI is InChI=1S/C19H22F3IN4O5/c1-11(29)24-4-6-31-25-10-12-8-13(19(30)27-32-7-5-28)18(17(22)16(12)21)26-15-2-3-23-9-14(15)20/h2-3,8-9,25-26,28H,4-7,10H2,1H3,(H,24,29)(H,27,30). The van der Waals surface area contributed by atoms with E-state index in [4.69, 9.17) is 14.8 Å². The van der Waals surface area contributed by atoms with Gasteiger partial charge in [0.05, 0.1) is 36.8 Å². The van der Waals surface area contributed by atoms with Crippen LogP contribution in [0.25, 0.3) is 0 Å². The summed E-state index contributed by atoms with van der Waals surface area (Å²) in [7, 11) is 0. The zero-order valence-corrected chi connectivity index (χ0v) is 19.1. The van der Waals surface area contributed by atoms with Gasteiger partial charge >= 0.3 is 0 Å². The number of hydrogen-bond acceptors (Lipinski definition) is 7. The molecule has 0 saturated heterocycles. The third kappa shape index (κ3) is 7.67. The molecule has 2 amide bonds. The van der Waals surface area contributed by atoms with Crippen LogP contribution >= 0.6 is 20.7 Å². The van der Waals surface area contributed by atoms with Crippen molar-refractivity contribution in [2.45, 2.75) is 13.5 Å². The summed E-state index contributed by atoms with van der Waals surface area (Å²) in [4.78, 5) is 33.1. The number of allylic oxidation sites excluding steroid dienone is 2. The molecule has 1 aliphatic heterocycles. The minimum atomic E-state index is -1.40. The first-order valence-corrected chi connectivity index (χ1v) is 11.8. The molecule has 0 fully saturated rings. The first-order valence-electron chi connectivity index (χ1n) is 9.26. The number of nitrogens with one attached hydrogen (secondary N) is 4. The quantitative estimate of drug-likeness (QED) is 0.147. The number of carbonyl (C=O) groups excluding carboxylic acids is 2. The van der Waals surface area contributed by atoms with Crippen LogP contribution in [0.1, 0.15) is 22.8 Å². The molecule has 9 nitrogen and oxygen atoms in total. The lowest BCUT2D eigenvalue weighted by Crippen LogP contribution is -2.28. The average Bonchev–Trinajstić information content (AvgIpc) is 2.76. The van der Waals surface area contributed by atoms with Crippen molar-refractivity contribution in [3.05, 3.63) is 50.5 Å². The number of hydroxylamine groups is 2. The maximum atomic E-state index is 14.9. The van der Waals surface area contributed by atoms with Crippen molar-refractivity contribution in [1.29, 1.82) is 0 Å². The van der Waals surface area contributed by atoms with Gasteiger partial charge in [0.2, 0.25) is 5.91 Å². The molecule has 1 aromatic carbocycles. The summed E-state index contributed by atoms with van der Waals surface area (Å²) in [5, 5.41) is 13.7. The van der Waals surface area contributed by atoms with E-state index in [1.54, 1.807) is 4.08 Å². The topological polar surface area (TPSA) is 121 Å². The molecule has 5 N–H and O–H groups in total. The summed E-state index contributed by atoms with van der Waals surface area (Å²) in [5.41, 5.74) is 3.12. The summed E-state index contributed by atoms with van der Waals surface area (Å²) >= 11 is -0.610. The molecule has 0 saturated carbocycles. The van der Waals surface area contributed by atoms with Crippen molar-refractivity contribution in [1.82, 2.24) is 16.3 Å². The van der Waals surface area contributed by atoms with Crippen molar-refractivity contribution >= 4 is 42.2 Å². The van der Waals surface area contributed by atoms with Gasteiger partial charge in [-0.1, -0.05) is 20.7 Å². The summed E-state index contributed by atoms with van der Waals surface area (Å²) in [6, 6.07) is 1.06. The molecule has 32 heavy (non-hydrogen) atoms.